The summed E-state index contributed by atoms with van der Waals surface area (Å²) in [6, 6.07) is 7.15. The zero-order valence-electron chi connectivity index (χ0n) is 6.81. The summed E-state index contributed by atoms with van der Waals surface area (Å²) in [4.78, 5) is 0. The van der Waals surface area contributed by atoms with Crippen molar-refractivity contribution in [1.82, 2.24) is 0 Å². The molecule has 1 rings (SSSR count). The van der Waals surface area contributed by atoms with Crippen LogP contribution in [0.15, 0.2) is 29.4 Å². The van der Waals surface area contributed by atoms with Crippen LogP contribution in [0.2, 0.25) is 0 Å². The molecule has 0 saturated heterocycles. The number of aliphatic hydroxyl groups excluding tert-OH is 1. The summed E-state index contributed by atoms with van der Waals surface area (Å²) < 4.78 is 0. The number of benzene rings is 1. The second-order valence-electron chi connectivity index (χ2n) is 2.59. The highest BCUT2D eigenvalue weighted by Crippen LogP contribution is 2.11. The van der Waals surface area contributed by atoms with E-state index in [1.807, 2.05) is 0 Å². The van der Waals surface area contributed by atoms with Gasteiger partial charge in [-0.1, -0.05) is 29.4 Å². The maximum absolute atomic E-state index is 9.16. The molecule has 3 heteroatoms. The van der Waals surface area contributed by atoms with E-state index in [4.69, 9.17) is 10.3 Å². The molecular formula is C9H11NO2. The van der Waals surface area contributed by atoms with Gasteiger partial charge < -0.3 is 10.3 Å². The van der Waals surface area contributed by atoms with Crippen molar-refractivity contribution in [3.63, 3.8) is 0 Å². The summed E-state index contributed by atoms with van der Waals surface area (Å²) in [5.41, 5.74) is 1.66. The average molecular weight is 165 g/mol. The largest absolute Gasteiger partial charge is 0.411 e. The summed E-state index contributed by atoms with van der Waals surface area (Å²) in [6.07, 6.45) is 0.886. The molecule has 0 spiro atoms. The minimum atomic E-state index is -0.454. The third kappa shape index (κ3) is 2.07. The lowest BCUT2D eigenvalue weighted by molar-refractivity contribution is 0.199. The molecule has 2 N–H and O–H groups in total. The number of hydrogen-bond acceptors (Lipinski definition) is 3. The first kappa shape index (κ1) is 8.74. The Morgan fingerprint density at radius 1 is 1.33 bits per heavy atom. The Morgan fingerprint density at radius 2 is 1.92 bits per heavy atom. The quantitative estimate of drug-likeness (QED) is 0.397. The van der Waals surface area contributed by atoms with E-state index in [2.05, 4.69) is 5.16 Å². The zero-order chi connectivity index (χ0) is 8.97. The molecule has 1 aromatic carbocycles. The molecule has 3 nitrogen and oxygen atoms in total. The highest BCUT2D eigenvalue weighted by molar-refractivity contribution is 5.78. The Morgan fingerprint density at radius 3 is 2.33 bits per heavy atom. The van der Waals surface area contributed by atoms with Crippen molar-refractivity contribution in [2.45, 2.75) is 13.0 Å². The zero-order valence-corrected chi connectivity index (χ0v) is 6.81. The highest BCUT2D eigenvalue weighted by atomic mass is 16.4. The lowest BCUT2D eigenvalue weighted by Crippen LogP contribution is -1.90. The molecule has 0 radical (unpaired) electrons. The molecule has 0 fully saturated rings. The normalized spacial score (nSPS) is 13.5. The number of oxime groups is 1. The van der Waals surface area contributed by atoms with Gasteiger partial charge in [0.15, 0.2) is 0 Å². The Balaban J connectivity index is 2.85. The Labute approximate surface area is 71.0 Å². The van der Waals surface area contributed by atoms with E-state index in [9.17, 15) is 0 Å². The molecule has 0 aliphatic heterocycles. The van der Waals surface area contributed by atoms with Gasteiger partial charge in [0, 0.05) is 0 Å². The van der Waals surface area contributed by atoms with Crippen LogP contribution in [0.4, 0.5) is 0 Å². The van der Waals surface area contributed by atoms with Crippen LogP contribution in [-0.4, -0.2) is 16.5 Å². The molecule has 0 aromatic heterocycles. The van der Waals surface area contributed by atoms with Crippen LogP contribution in [0.3, 0.4) is 0 Å². The standard InChI is InChI=1S/C9H11NO2/c1-7(11)9-4-2-8(3-5-9)6-10-12/h2-7,11-12H,1H3. The van der Waals surface area contributed by atoms with Gasteiger partial charge in [-0.15, -0.1) is 0 Å². The summed E-state index contributed by atoms with van der Waals surface area (Å²) in [5.74, 6) is 0. The van der Waals surface area contributed by atoms with E-state index in [0.29, 0.717) is 0 Å². The molecule has 0 saturated carbocycles. The highest BCUT2D eigenvalue weighted by Gasteiger charge is 1.98. The average Bonchev–Trinajstić information content (AvgIpc) is 2.06. The molecule has 0 aliphatic rings. The van der Waals surface area contributed by atoms with Crippen molar-refractivity contribution in [3.8, 4) is 0 Å². The maximum Gasteiger partial charge on any atom is 0.0761 e. The third-order valence-corrected chi connectivity index (χ3v) is 1.63. The minimum absolute atomic E-state index is 0.454. The fourth-order valence-corrected chi connectivity index (χ4v) is 0.927. The molecule has 0 amide bonds. The Bertz CT molecular complexity index is 264. The van der Waals surface area contributed by atoms with E-state index in [1.165, 1.54) is 6.21 Å². The van der Waals surface area contributed by atoms with Gasteiger partial charge in [-0.3, -0.25) is 0 Å². The predicted octanol–water partition coefficient (Wildman–Crippen LogP) is 1.55. The number of rotatable bonds is 2. The van der Waals surface area contributed by atoms with E-state index in [0.717, 1.165) is 11.1 Å². The van der Waals surface area contributed by atoms with Crippen LogP contribution in [0, 0.1) is 0 Å². The monoisotopic (exact) mass is 165 g/mol. The fraction of sp³-hybridized carbons (Fsp3) is 0.222. The molecular weight excluding hydrogens is 154 g/mol. The van der Waals surface area contributed by atoms with Gasteiger partial charge in [-0.2, -0.15) is 0 Å². The number of aliphatic hydroxyl groups is 1. The van der Waals surface area contributed by atoms with Gasteiger partial charge in [0.25, 0.3) is 0 Å². The van der Waals surface area contributed by atoms with Crippen molar-refractivity contribution in [2.24, 2.45) is 5.16 Å². The maximum atomic E-state index is 9.16. The molecule has 12 heavy (non-hydrogen) atoms. The van der Waals surface area contributed by atoms with Gasteiger partial charge in [-0.25, -0.2) is 0 Å². The van der Waals surface area contributed by atoms with Crippen LogP contribution in [0.1, 0.15) is 24.2 Å². The SMILES string of the molecule is CC(O)c1ccc(C=NO)cc1. The summed E-state index contributed by atoms with van der Waals surface area (Å²) in [7, 11) is 0. The lowest BCUT2D eigenvalue weighted by atomic mass is 10.1. The van der Waals surface area contributed by atoms with Gasteiger partial charge in [0.05, 0.1) is 12.3 Å². The first-order valence-electron chi connectivity index (χ1n) is 3.69. The molecule has 1 atom stereocenters. The Kier molecular flexibility index (Phi) is 2.82. The van der Waals surface area contributed by atoms with E-state index >= 15 is 0 Å². The van der Waals surface area contributed by atoms with Gasteiger partial charge in [0.1, 0.15) is 0 Å². The third-order valence-electron chi connectivity index (χ3n) is 1.63. The van der Waals surface area contributed by atoms with Crippen LogP contribution < -0.4 is 0 Å². The number of nitrogens with zero attached hydrogens (tertiary/aromatic N) is 1. The molecule has 64 valence electrons. The molecule has 1 aromatic rings. The second-order valence-corrected chi connectivity index (χ2v) is 2.59. The Hall–Kier alpha value is -1.35. The van der Waals surface area contributed by atoms with Crippen LogP contribution in [-0.2, 0) is 0 Å². The van der Waals surface area contributed by atoms with E-state index in [1.54, 1.807) is 31.2 Å². The second kappa shape index (κ2) is 3.88. The number of hydrogen-bond donors (Lipinski definition) is 2. The fourth-order valence-electron chi connectivity index (χ4n) is 0.927. The van der Waals surface area contributed by atoms with Crippen molar-refractivity contribution >= 4 is 6.21 Å². The van der Waals surface area contributed by atoms with Crippen molar-refractivity contribution < 1.29 is 10.3 Å². The molecule has 0 bridgehead atoms. The van der Waals surface area contributed by atoms with Crippen molar-refractivity contribution in [2.75, 3.05) is 0 Å². The first-order valence-corrected chi connectivity index (χ1v) is 3.69. The summed E-state index contributed by atoms with van der Waals surface area (Å²) >= 11 is 0. The summed E-state index contributed by atoms with van der Waals surface area (Å²) in [6.45, 7) is 1.70. The summed E-state index contributed by atoms with van der Waals surface area (Å²) in [5, 5.41) is 20.3. The first-order chi connectivity index (χ1) is 5.74. The molecule has 0 heterocycles. The topological polar surface area (TPSA) is 52.8 Å². The van der Waals surface area contributed by atoms with E-state index in [-0.39, 0.29) is 0 Å². The predicted molar refractivity (Wildman–Crippen MR) is 46.5 cm³/mol. The lowest BCUT2D eigenvalue weighted by Gasteiger charge is -2.03. The molecule has 0 aliphatic carbocycles. The molecule has 1 unspecified atom stereocenters. The van der Waals surface area contributed by atoms with Crippen molar-refractivity contribution in [3.05, 3.63) is 35.4 Å². The van der Waals surface area contributed by atoms with Gasteiger partial charge >= 0.3 is 0 Å². The van der Waals surface area contributed by atoms with Crippen LogP contribution in [0.25, 0.3) is 0 Å². The van der Waals surface area contributed by atoms with E-state index < -0.39 is 6.10 Å². The van der Waals surface area contributed by atoms with Gasteiger partial charge in [0.2, 0.25) is 0 Å². The van der Waals surface area contributed by atoms with Crippen LogP contribution in [0.5, 0.6) is 0 Å². The van der Waals surface area contributed by atoms with Crippen LogP contribution >= 0.6 is 0 Å². The smallest absolute Gasteiger partial charge is 0.0761 e. The minimum Gasteiger partial charge on any atom is -0.411 e. The van der Waals surface area contributed by atoms with Crippen molar-refractivity contribution in [1.29, 1.82) is 0 Å². The van der Waals surface area contributed by atoms with Gasteiger partial charge in [-0.05, 0) is 18.1 Å².